The molecule has 5 heteroatoms. The minimum absolute atomic E-state index is 0.232. The number of hydrogen-bond acceptors (Lipinski definition) is 2. The van der Waals surface area contributed by atoms with E-state index >= 15 is 0 Å². The number of halogens is 2. The van der Waals surface area contributed by atoms with E-state index in [1.807, 2.05) is 0 Å². The van der Waals surface area contributed by atoms with E-state index in [0.717, 1.165) is 25.5 Å². The molecule has 1 aliphatic rings. The van der Waals surface area contributed by atoms with Crippen LogP contribution in [0.25, 0.3) is 0 Å². The Morgan fingerprint density at radius 2 is 2.29 bits per heavy atom. The van der Waals surface area contributed by atoms with Gasteiger partial charge in [0.2, 0.25) is 0 Å². The first-order valence-electron chi connectivity index (χ1n) is 5.64. The summed E-state index contributed by atoms with van der Waals surface area (Å²) in [5.41, 5.74) is -0.247. The Hall–Kier alpha value is -1.49. The molecule has 0 radical (unpaired) electrons. The van der Waals surface area contributed by atoms with E-state index in [1.54, 1.807) is 0 Å². The second-order valence-electron chi connectivity index (χ2n) is 4.10. The lowest BCUT2D eigenvalue weighted by Crippen LogP contribution is -2.37. The van der Waals surface area contributed by atoms with Crippen molar-refractivity contribution in [3.8, 4) is 0 Å². The van der Waals surface area contributed by atoms with Gasteiger partial charge in [-0.3, -0.25) is 4.79 Å². The third-order valence-electron chi connectivity index (χ3n) is 2.87. The van der Waals surface area contributed by atoms with Gasteiger partial charge in [-0.15, -0.1) is 0 Å². The first kappa shape index (κ1) is 12.0. The molecule has 1 atom stereocenters. The van der Waals surface area contributed by atoms with Crippen LogP contribution in [0.2, 0.25) is 0 Å². The maximum Gasteiger partial charge on any atom is 0.254 e. The topological polar surface area (TPSA) is 41.1 Å². The van der Waals surface area contributed by atoms with Crippen molar-refractivity contribution < 1.29 is 13.6 Å². The van der Waals surface area contributed by atoms with Crippen LogP contribution in [0.4, 0.5) is 8.78 Å². The highest BCUT2D eigenvalue weighted by Crippen LogP contribution is 2.11. The fourth-order valence-electron chi connectivity index (χ4n) is 1.92. The SMILES string of the molecule is O=C(NCC1CCCN1)c1cccc(F)c1F. The molecule has 17 heavy (non-hydrogen) atoms. The van der Waals surface area contributed by atoms with E-state index in [1.165, 1.54) is 12.1 Å². The van der Waals surface area contributed by atoms with Crippen LogP contribution in [0.15, 0.2) is 18.2 Å². The Morgan fingerprint density at radius 3 is 3.00 bits per heavy atom. The molecule has 1 aromatic rings. The molecular weight excluding hydrogens is 226 g/mol. The molecule has 1 saturated heterocycles. The molecule has 2 N–H and O–H groups in total. The summed E-state index contributed by atoms with van der Waals surface area (Å²) >= 11 is 0. The second-order valence-corrected chi connectivity index (χ2v) is 4.10. The zero-order valence-corrected chi connectivity index (χ0v) is 9.30. The van der Waals surface area contributed by atoms with Crippen LogP contribution < -0.4 is 10.6 Å². The Labute approximate surface area is 98.2 Å². The van der Waals surface area contributed by atoms with Gasteiger partial charge in [0.25, 0.3) is 5.91 Å². The monoisotopic (exact) mass is 240 g/mol. The summed E-state index contributed by atoms with van der Waals surface area (Å²) in [7, 11) is 0. The number of hydrogen-bond donors (Lipinski definition) is 2. The van der Waals surface area contributed by atoms with E-state index in [2.05, 4.69) is 10.6 Å². The second kappa shape index (κ2) is 5.23. The van der Waals surface area contributed by atoms with Gasteiger partial charge < -0.3 is 10.6 Å². The maximum absolute atomic E-state index is 13.3. The number of nitrogens with one attached hydrogen (secondary N) is 2. The van der Waals surface area contributed by atoms with Gasteiger partial charge in [0.05, 0.1) is 5.56 Å². The molecule has 1 aromatic carbocycles. The van der Waals surface area contributed by atoms with Crippen LogP contribution in [0, 0.1) is 11.6 Å². The molecular formula is C12H14F2N2O. The maximum atomic E-state index is 13.3. The van der Waals surface area contributed by atoms with Gasteiger partial charge in [-0.2, -0.15) is 0 Å². The largest absolute Gasteiger partial charge is 0.350 e. The van der Waals surface area contributed by atoms with Crippen molar-refractivity contribution in [3.63, 3.8) is 0 Å². The predicted octanol–water partition coefficient (Wildman–Crippen LogP) is 1.45. The van der Waals surface area contributed by atoms with Crippen molar-refractivity contribution in [2.45, 2.75) is 18.9 Å². The van der Waals surface area contributed by atoms with Crippen LogP contribution >= 0.6 is 0 Å². The van der Waals surface area contributed by atoms with E-state index in [-0.39, 0.29) is 11.6 Å². The van der Waals surface area contributed by atoms with Crippen molar-refractivity contribution in [1.82, 2.24) is 10.6 Å². The van der Waals surface area contributed by atoms with E-state index in [4.69, 9.17) is 0 Å². The molecule has 1 aliphatic heterocycles. The van der Waals surface area contributed by atoms with Crippen LogP contribution in [0.5, 0.6) is 0 Å². The van der Waals surface area contributed by atoms with Crippen LogP contribution in [0.3, 0.4) is 0 Å². The van der Waals surface area contributed by atoms with Gasteiger partial charge in [-0.25, -0.2) is 8.78 Å². The van der Waals surface area contributed by atoms with Crippen LogP contribution in [-0.2, 0) is 0 Å². The van der Waals surface area contributed by atoms with Gasteiger partial charge in [-0.1, -0.05) is 6.07 Å². The Balaban J connectivity index is 1.97. The molecule has 0 saturated carbocycles. The molecule has 1 unspecified atom stereocenters. The number of carbonyl (C=O) groups is 1. The lowest BCUT2D eigenvalue weighted by Gasteiger charge is -2.11. The summed E-state index contributed by atoms with van der Waals surface area (Å²) in [5.74, 6) is -2.67. The first-order chi connectivity index (χ1) is 8.18. The van der Waals surface area contributed by atoms with Gasteiger partial charge in [0.1, 0.15) is 0 Å². The molecule has 92 valence electrons. The highest BCUT2D eigenvalue weighted by molar-refractivity contribution is 5.94. The quantitative estimate of drug-likeness (QED) is 0.839. The molecule has 1 heterocycles. The van der Waals surface area contributed by atoms with E-state index in [9.17, 15) is 13.6 Å². The highest BCUT2D eigenvalue weighted by atomic mass is 19.2. The fraction of sp³-hybridized carbons (Fsp3) is 0.417. The van der Waals surface area contributed by atoms with E-state index in [0.29, 0.717) is 6.54 Å². The normalized spacial score (nSPS) is 19.3. The van der Waals surface area contributed by atoms with Crippen molar-refractivity contribution in [2.24, 2.45) is 0 Å². The number of amides is 1. The summed E-state index contributed by atoms with van der Waals surface area (Å²) in [5, 5.41) is 5.81. The average molecular weight is 240 g/mol. The van der Waals surface area contributed by atoms with E-state index < -0.39 is 17.5 Å². The summed E-state index contributed by atoms with van der Waals surface area (Å²) < 4.78 is 26.2. The van der Waals surface area contributed by atoms with Gasteiger partial charge >= 0.3 is 0 Å². The minimum Gasteiger partial charge on any atom is -0.350 e. The molecule has 3 nitrogen and oxygen atoms in total. The Bertz CT molecular complexity index is 417. The molecule has 0 aliphatic carbocycles. The standard InChI is InChI=1S/C12H14F2N2O/c13-10-5-1-4-9(11(10)14)12(17)16-7-8-3-2-6-15-8/h1,4-5,8,15H,2-3,6-7H2,(H,16,17). The van der Waals surface area contributed by atoms with Gasteiger partial charge in [0.15, 0.2) is 11.6 Å². The highest BCUT2D eigenvalue weighted by Gasteiger charge is 2.18. The Kier molecular flexibility index (Phi) is 3.68. The minimum atomic E-state index is -1.09. The summed E-state index contributed by atoms with van der Waals surface area (Å²) in [4.78, 5) is 11.6. The van der Waals surface area contributed by atoms with Crippen molar-refractivity contribution in [2.75, 3.05) is 13.1 Å². The third-order valence-corrected chi connectivity index (χ3v) is 2.87. The molecule has 1 amide bonds. The van der Waals surface area contributed by atoms with Crippen LogP contribution in [0.1, 0.15) is 23.2 Å². The van der Waals surface area contributed by atoms with Crippen molar-refractivity contribution >= 4 is 5.91 Å². The molecule has 1 fully saturated rings. The average Bonchev–Trinajstić information content (AvgIpc) is 2.82. The van der Waals surface area contributed by atoms with Gasteiger partial charge in [0, 0.05) is 12.6 Å². The number of carbonyl (C=O) groups excluding carboxylic acids is 1. The molecule has 0 aromatic heterocycles. The fourth-order valence-corrected chi connectivity index (χ4v) is 1.92. The summed E-state index contributed by atoms with van der Waals surface area (Å²) in [6.07, 6.45) is 2.07. The Morgan fingerprint density at radius 1 is 1.47 bits per heavy atom. The smallest absolute Gasteiger partial charge is 0.254 e. The summed E-state index contributed by atoms with van der Waals surface area (Å²) in [6.45, 7) is 1.38. The predicted molar refractivity (Wildman–Crippen MR) is 59.7 cm³/mol. The zero-order chi connectivity index (χ0) is 12.3. The zero-order valence-electron chi connectivity index (χ0n) is 9.30. The lowest BCUT2D eigenvalue weighted by molar-refractivity contribution is 0.0945. The molecule has 0 bridgehead atoms. The van der Waals surface area contributed by atoms with Crippen molar-refractivity contribution in [1.29, 1.82) is 0 Å². The number of rotatable bonds is 3. The van der Waals surface area contributed by atoms with Crippen LogP contribution in [-0.4, -0.2) is 25.0 Å². The number of benzene rings is 1. The van der Waals surface area contributed by atoms with Gasteiger partial charge in [-0.05, 0) is 31.5 Å². The van der Waals surface area contributed by atoms with Crippen molar-refractivity contribution in [3.05, 3.63) is 35.4 Å². The third kappa shape index (κ3) is 2.79. The molecule has 2 rings (SSSR count). The summed E-state index contributed by atoms with van der Waals surface area (Å²) in [6, 6.07) is 3.82. The first-order valence-corrected chi connectivity index (χ1v) is 5.64. The lowest BCUT2D eigenvalue weighted by atomic mass is 10.1. The molecule has 0 spiro atoms.